The van der Waals surface area contributed by atoms with E-state index < -0.39 is 0 Å². The summed E-state index contributed by atoms with van der Waals surface area (Å²) in [6.07, 6.45) is 5.37. The Hall–Kier alpha value is -1.37. The first kappa shape index (κ1) is 8.72. The minimum absolute atomic E-state index is 0.222. The summed E-state index contributed by atoms with van der Waals surface area (Å²) in [5.41, 5.74) is 0. The van der Waals surface area contributed by atoms with Crippen LogP contribution in [0.4, 0.5) is 4.39 Å². The highest BCUT2D eigenvalue weighted by molar-refractivity contribution is 5.37. The van der Waals surface area contributed by atoms with Crippen molar-refractivity contribution < 1.29 is 4.39 Å². The molecule has 62 valence electrons. The lowest BCUT2D eigenvalue weighted by Crippen LogP contribution is -2.25. The van der Waals surface area contributed by atoms with E-state index >= 15 is 0 Å². The van der Waals surface area contributed by atoms with E-state index in [4.69, 9.17) is 0 Å². The number of halogens is 1. The molecule has 0 bridgehead atoms. The maximum absolute atomic E-state index is 13.1. The highest BCUT2D eigenvalue weighted by atomic mass is 19.1. The SMILES string of the molecule is C=c1cccc(F)/c1=C/C=C\C. The first-order valence-electron chi connectivity index (χ1n) is 3.82. The average molecular weight is 162 g/mol. The Kier molecular flexibility index (Phi) is 2.81. The Balaban J connectivity index is 3.41. The van der Waals surface area contributed by atoms with Gasteiger partial charge >= 0.3 is 0 Å². The first-order valence-corrected chi connectivity index (χ1v) is 3.82. The van der Waals surface area contributed by atoms with Crippen molar-refractivity contribution in [2.45, 2.75) is 6.92 Å². The maximum atomic E-state index is 13.1. The third kappa shape index (κ3) is 1.82. The molecule has 0 atom stereocenters. The van der Waals surface area contributed by atoms with E-state index in [9.17, 15) is 4.39 Å². The van der Waals surface area contributed by atoms with Gasteiger partial charge in [-0.25, -0.2) is 4.39 Å². The van der Waals surface area contributed by atoms with E-state index in [1.54, 1.807) is 24.3 Å². The van der Waals surface area contributed by atoms with E-state index in [0.29, 0.717) is 10.4 Å². The molecule has 0 fully saturated rings. The van der Waals surface area contributed by atoms with Crippen LogP contribution in [0.25, 0.3) is 12.7 Å². The third-order valence-corrected chi connectivity index (χ3v) is 1.60. The van der Waals surface area contributed by atoms with Gasteiger partial charge in [-0.2, -0.15) is 0 Å². The molecule has 0 amide bonds. The second-order valence-corrected chi connectivity index (χ2v) is 2.51. The summed E-state index contributed by atoms with van der Waals surface area (Å²) in [6.45, 7) is 5.62. The van der Waals surface area contributed by atoms with Crippen LogP contribution in [0.2, 0.25) is 0 Å². The van der Waals surface area contributed by atoms with Crippen LogP contribution in [0, 0.1) is 5.82 Å². The summed E-state index contributed by atoms with van der Waals surface area (Å²) in [7, 11) is 0. The zero-order chi connectivity index (χ0) is 8.97. The molecule has 0 saturated carbocycles. The molecule has 0 unspecified atom stereocenters. The molecule has 0 aliphatic carbocycles. The van der Waals surface area contributed by atoms with Crippen LogP contribution >= 0.6 is 0 Å². The van der Waals surface area contributed by atoms with Gasteiger partial charge in [-0.1, -0.05) is 36.9 Å². The van der Waals surface area contributed by atoms with Gasteiger partial charge < -0.3 is 0 Å². The van der Waals surface area contributed by atoms with Gasteiger partial charge in [0, 0.05) is 5.22 Å². The summed E-state index contributed by atoms with van der Waals surface area (Å²) in [4.78, 5) is 0. The molecular weight excluding hydrogens is 151 g/mol. The van der Waals surface area contributed by atoms with Gasteiger partial charge in [-0.05, 0) is 18.2 Å². The normalized spacial score (nSPS) is 12.7. The fraction of sp³-hybridized carbons (Fsp3) is 0.0909. The van der Waals surface area contributed by atoms with Crippen molar-refractivity contribution in [3.63, 3.8) is 0 Å². The minimum atomic E-state index is -0.222. The van der Waals surface area contributed by atoms with Crippen LogP contribution in [0.15, 0.2) is 30.4 Å². The topological polar surface area (TPSA) is 0 Å². The standard InChI is InChI=1S/C11H11F/c1-3-4-7-10-9(2)6-5-8-11(10)12/h3-8H,2H2,1H3/b4-3-,10-7+. The Morgan fingerprint density at radius 3 is 2.75 bits per heavy atom. The van der Waals surface area contributed by atoms with Gasteiger partial charge in [-0.3, -0.25) is 0 Å². The van der Waals surface area contributed by atoms with E-state index in [2.05, 4.69) is 6.58 Å². The predicted octanol–water partition coefficient (Wildman–Crippen LogP) is 1.59. The van der Waals surface area contributed by atoms with Gasteiger partial charge in [-0.15, -0.1) is 0 Å². The number of hydrogen-bond donors (Lipinski definition) is 0. The van der Waals surface area contributed by atoms with Crippen molar-refractivity contribution in [2.24, 2.45) is 0 Å². The monoisotopic (exact) mass is 162 g/mol. The smallest absolute Gasteiger partial charge is 0.131 e. The summed E-state index contributed by atoms with van der Waals surface area (Å²) < 4.78 is 13.1. The third-order valence-electron chi connectivity index (χ3n) is 1.60. The van der Waals surface area contributed by atoms with E-state index in [1.165, 1.54) is 6.07 Å². The molecule has 0 aliphatic rings. The van der Waals surface area contributed by atoms with Crippen molar-refractivity contribution >= 4 is 12.7 Å². The molecule has 1 aromatic carbocycles. The molecule has 1 aromatic rings. The summed E-state index contributed by atoms with van der Waals surface area (Å²) in [5, 5.41) is 1.28. The highest BCUT2D eigenvalue weighted by Crippen LogP contribution is 1.83. The molecule has 0 nitrogen and oxygen atoms in total. The van der Waals surface area contributed by atoms with Crippen LogP contribution in [0.1, 0.15) is 6.92 Å². The number of hydrogen-bond acceptors (Lipinski definition) is 0. The van der Waals surface area contributed by atoms with Crippen LogP contribution in [0.5, 0.6) is 0 Å². The molecular formula is C11H11F. The molecule has 0 radical (unpaired) electrons. The van der Waals surface area contributed by atoms with Gasteiger partial charge in [0.15, 0.2) is 0 Å². The lowest BCUT2D eigenvalue weighted by molar-refractivity contribution is 0.617. The zero-order valence-corrected chi connectivity index (χ0v) is 7.05. The molecule has 0 spiro atoms. The molecule has 1 rings (SSSR count). The average Bonchev–Trinajstić information content (AvgIpc) is 2.04. The van der Waals surface area contributed by atoms with Crippen molar-refractivity contribution in [2.75, 3.05) is 0 Å². The van der Waals surface area contributed by atoms with Crippen molar-refractivity contribution in [3.05, 3.63) is 46.6 Å². The fourth-order valence-corrected chi connectivity index (χ4v) is 0.961. The summed E-state index contributed by atoms with van der Waals surface area (Å²) in [5.74, 6) is -0.222. The minimum Gasteiger partial charge on any atom is -0.206 e. The fourth-order valence-electron chi connectivity index (χ4n) is 0.961. The molecule has 0 N–H and O–H groups in total. The van der Waals surface area contributed by atoms with Crippen LogP contribution in [0.3, 0.4) is 0 Å². The van der Waals surface area contributed by atoms with Crippen molar-refractivity contribution in [1.82, 2.24) is 0 Å². The molecule has 12 heavy (non-hydrogen) atoms. The molecule has 0 heterocycles. The lowest BCUT2D eigenvalue weighted by Gasteiger charge is -1.89. The number of allylic oxidation sites excluding steroid dienone is 2. The number of benzene rings is 1. The van der Waals surface area contributed by atoms with E-state index in [-0.39, 0.29) is 5.82 Å². The first-order chi connectivity index (χ1) is 5.75. The second kappa shape index (κ2) is 3.86. The molecule has 1 heteroatoms. The predicted molar refractivity (Wildman–Crippen MR) is 50.5 cm³/mol. The van der Waals surface area contributed by atoms with Gasteiger partial charge in [0.05, 0.1) is 0 Å². The van der Waals surface area contributed by atoms with Crippen molar-refractivity contribution in [1.29, 1.82) is 0 Å². The van der Waals surface area contributed by atoms with E-state index in [1.807, 2.05) is 13.0 Å². The van der Waals surface area contributed by atoms with Gasteiger partial charge in [0.1, 0.15) is 5.82 Å². The largest absolute Gasteiger partial charge is 0.206 e. The maximum Gasteiger partial charge on any atom is 0.131 e. The Morgan fingerprint density at radius 1 is 1.42 bits per heavy atom. The molecule has 0 aromatic heterocycles. The van der Waals surface area contributed by atoms with Crippen LogP contribution in [-0.2, 0) is 0 Å². The zero-order valence-electron chi connectivity index (χ0n) is 7.05. The van der Waals surface area contributed by atoms with E-state index in [0.717, 1.165) is 0 Å². The quantitative estimate of drug-likeness (QED) is 0.588. The lowest BCUT2D eigenvalue weighted by atomic mass is 10.2. The molecule has 0 saturated heterocycles. The van der Waals surface area contributed by atoms with Gasteiger partial charge in [0.25, 0.3) is 0 Å². The second-order valence-electron chi connectivity index (χ2n) is 2.51. The summed E-state index contributed by atoms with van der Waals surface area (Å²) >= 11 is 0. The van der Waals surface area contributed by atoms with Crippen LogP contribution < -0.4 is 10.4 Å². The molecule has 0 aliphatic heterocycles. The number of rotatable bonds is 1. The van der Waals surface area contributed by atoms with Crippen LogP contribution in [-0.4, -0.2) is 0 Å². The van der Waals surface area contributed by atoms with Crippen molar-refractivity contribution in [3.8, 4) is 0 Å². The van der Waals surface area contributed by atoms with Gasteiger partial charge in [0.2, 0.25) is 0 Å². The Bertz CT molecular complexity index is 388. The summed E-state index contributed by atoms with van der Waals surface area (Å²) in [6, 6.07) is 4.88. The Morgan fingerprint density at radius 2 is 2.17 bits per heavy atom. The Labute approximate surface area is 71.4 Å². The highest BCUT2D eigenvalue weighted by Gasteiger charge is 1.89.